The van der Waals surface area contributed by atoms with Gasteiger partial charge >= 0.3 is 0 Å². The number of aliphatic hydroxyl groups is 1. The van der Waals surface area contributed by atoms with Crippen molar-refractivity contribution in [2.75, 3.05) is 5.32 Å². The second kappa shape index (κ2) is 5.32. The molecule has 138 valence electrons. The fraction of sp³-hybridized carbons (Fsp3) is 0.619. The van der Waals surface area contributed by atoms with E-state index in [1.807, 2.05) is 18.2 Å². The van der Waals surface area contributed by atoms with Gasteiger partial charge in [0.25, 0.3) is 0 Å². The maximum atomic E-state index is 12.8. The number of anilines is 1. The van der Waals surface area contributed by atoms with Crippen LogP contribution in [0.2, 0.25) is 0 Å². The summed E-state index contributed by atoms with van der Waals surface area (Å²) in [5.41, 5.74) is 2.20. The molecule has 1 aromatic heterocycles. The highest BCUT2D eigenvalue weighted by molar-refractivity contribution is 5.95. The average molecular weight is 353 g/mol. The summed E-state index contributed by atoms with van der Waals surface area (Å²) in [5, 5.41) is 13.5. The molecule has 3 aliphatic carbocycles. The molecule has 1 spiro atoms. The number of aromatic nitrogens is 2. The summed E-state index contributed by atoms with van der Waals surface area (Å²) >= 11 is 0. The Morgan fingerprint density at radius 1 is 1.31 bits per heavy atom. The number of carbonyl (C=O) groups is 1. The highest BCUT2D eigenvalue weighted by atomic mass is 16.3. The normalized spacial score (nSPS) is 24.3. The first-order valence-electron chi connectivity index (χ1n) is 9.93. The number of nitrogens with zero attached hydrogens (tertiary/aromatic N) is 2. The maximum absolute atomic E-state index is 12.8. The SMILES string of the molecule is CC(C)(O)c1ccc2nc(NC(=O)C3CC34CCC4)n(C3CCC3)c2c1. The highest BCUT2D eigenvalue weighted by Crippen LogP contribution is 2.65. The van der Waals surface area contributed by atoms with Gasteiger partial charge in [0, 0.05) is 12.0 Å². The second-order valence-electron chi connectivity index (χ2n) is 9.11. The first-order valence-corrected chi connectivity index (χ1v) is 9.93. The molecule has 5 nitrogen and oxygen atoms in total. The first-order chi connectivity index (χ1) is 12.4. The van der Waals surface area contributed by atoms with Crippen molar-refractivity contribution in [3.63, 3.8) is 0 Å². The van der Waals surface area contributed by atoms with Crippen LogP contribution in [0.5, 0.6) is 0 Å². The van der Waals surface area contributed by atoms with Crippen molar-refractivity contribution in [2.24, 2.45) is 11.3 Å². The molecule has 0 aliphatic heterocycles. The number of hydrogen-bond donors (Lipinski definition) is 2. The molecule has 5 heteroatoms. The molecule has 1 heterocycles. The van der Waals surface area contributed by atoms with Crippen LogP contribution in [0, 0.1) is 11.3 Å². The summed E-state index contributed by atoms with van der Waals surface area (Å²) in [6.07, 6.45) is 8.19. The van der Waals surface area contributed by atoms with Crippen molar-refractivity contribution in [1.82, 2.24) is 9.55 Å². The van der Waals surface area contributed by atoms with Crippen LogP contribution in [0.15, 0.2) is 18.2 Å². The molecule has 3 saturated carbocycles. The summed E-state index contributed by atoms with van der Waals surface area (Å²) in [7, 11) is 0. The molecule has 1 aromatic carbocycles. The Balaban J connectivity index is 1.51. The van der Waals surface area contributed by atoms with Gasteiger partial charge in [-0.05, 0) is 75.5 Å². The minimum absolute atomic E-state index is 0.142. The van der Waals surface area contributed by atoms with Crippen LogP contribution in [0.4, 0.5) is 5.95 Å². The molecule has 0 bridgehead atoms. The van der Waals surface area contributed by atoms with E-state index in [0.29, 0.717) is 17.4 Å². The molecule has 0 radical (unpaired) electrons. The van der Waals surface area contributed by atoms with Gasteiger partial charge in [-0.2, -0.15) is 0 Å². The van der Waals surface area contributed by atoms with Crippen LogP contribution in [0.3, 0.4) is 0 Å². The Labute approximate surface area is 153 Å². The Bertz CT molecular complexity index is 885. The lowest BCUT2D eigenvalue weighted by atomic mass is 9.80. The van der Waals surface area contributed by atoms with Gasteiger partial charge < -0.3 is 9.67 Å². The Morgan fingerprint density at radius 3 is 2.62 bits per heavy atom. The van der Waals surface area contributed by atoms with Gasteiger partial charge in [0.05, 0.1) is 16.6 Å². The maximum Gasteiger partial charge on any atom is 0.230 e. The predicted octanol–water partition coefficient (Wildman–Crippen LogP) is 4.12. The van der Waals surface area contributed by atoms with Gasteiger partial charge in [0.1, 0.15) is 0 Å². The fourth-order valence-electron chi connectivity index (χ4n) is 4.68. The summed E-state index contributed by atoms with van der Waals surface area (Å²) in [6.45, 7) is 3.60. The van der Waals surface area contributed by atoms with E-state index in [0.717, 1.165) is 35.9 Å². The van der Waals surface area contributed by atoms with Crippen LogP contribution in [0.25, 0.3) is 11.0 Å². The molecule has 2 N–H and O–H groups in total. The van der Waals surface area contributed by atoms with Crippen molar-refractivity contribution in [3.8, 4) is 0 Å². The minimum atomic E-state index is -0.892. The molecule has 1 atom stereocenters. The van der Waals surface area contributed by atoms with E-state index in [1.54, 1.807) is 13.8 Å². The number of hydrogen-bond acceptors (Lipinski definition) is 3. The average Bonchev–Trinajstić information content (AvgIpc) is 3.18. The Morgan fingerprint density at radius 2 is 2.08 bits per heavy atom. The van der Waals surface area contributed by atoms with Crippen LogP contribution in [0.1, 0.15) is 70.4 Å². The van der Waals surface area contributed by atoms with Crippen LogP contribution >= 0.6 is 0 Å². The molecule has 26 heavy (non-hydrogen) atoms. The number of fused-ring (bicyclic) bond motifs is 1. The third kappa shape index (κ3) is 2.40. The van der Waals surface area contributed by atoms with Gasteiger partial charge in [0.2, 0.25) is 11.9 Å². The zero-order chi connectivity index (χ0) is 18.1. The monoisotopic (exact) mass is 353 g/mol. The van der Waals surface area contributed by atoms with E-state index < -0.39 is 5.60 Å². The molecule has 2 aromatic rings. The lowest BCUT2D eigenvalue weighted by Crippen LogP contribution is -2.26. The number of amides is 1. The summed E-state index contributed by atoms with van der Waals surface area (Å²) in [4.78, 5) is 17.5. The third-order valence-electron chi connectivity index (χ3n) is 6.93. The van der Waals surface area contributed by atoms with Gasteiger partial charge in [0.15, 0.2) is 0 Å². The third-order valence-corrected chi connectivity index (χ3v) is 6.93. The Kier molecular flexibility index (Phi) is 3.34. The summed E-state index contributed by atoms with van der Waals surface area (Å²) < 4.78 is 2.20. The molecular weight excluding hydrogens is 326 g/mol. The zero-order valence-electron chi connectivity index (χ0n) is 15.6. The topological polar surface area (TPSA) is 67.2 Å². The minimum Gasteiger partial charge on any atom is -0.386 e. The summed E-state index contributed by atoms with van der Waals surface area (Å²) in [6, 6.07) is 6.30. The van der Waals surface area contributed by atoms with Crippen molar-refractivity contribution in [2.45, 2.75) is 70.4 Å². The van der Waals surface area contributed by atoms with Crippen molar-refractivity contribution < 1.29 is 9.90 Å². The van der Waals surface area contributed by atoms with E-state index in [9.17, 15) is 9.90 Å². The number of carbonyl (C=O) groups excluding carboxylic acids is 1. The van der Waals surface area contributed by atoms with Crippen molar-refractivity contribution >= 4 is 22.9 Å². The molecule has 1 amide bonds. The fourth-order valence-corrected chi connectivity index (χ4v) is 4.68. The van der Waals surface area contributed by atoms with Crippen molar-refractivity contribution in [1.29, 1.82) is 0 Å². The zero-order valence-corrected chi connectivity index (χ0v) is 15.6. The van der Waals surface area contributed by atoms with Crippen molar-refractivity contribution in [3.05, 3.63) is 23.8 Å². The second-order valence-corrected chi connectivity index (χ2v) is 9.11. The van der Waals surface area contributed by atoms with E-state index in [1.165, 1.54) is 25.7 Å². The van der Waals surface area contributed by atoms with Gasteiger partial charge in [-0.3, -0.25) is 10.1 Å². The van der Waals surface area contributed by atoms with Crippen LogP contribution in [-0.2, 0) is 10.4 Å². The molecular formula is C21H27N3O2. The molecule has 5 rings (SSSR count). The number of benzene rings is 1. The molecule has 1 unspecified atom stereocenters. The molecule has 3 aliphatic rings. The van der Waals surface area contributed by atoms with Gasteiger partial charge in [-0.15, -0.1) is 0 Å². The summed E-state index contributed by atoms with van der Waals surface area (Å²) in [5.74, 6) is 1.00. The Hall–Kier alpha value is -1.88. The predicted molar refractivity (Wildman–Crippen MR) is 101 cm³/mol. The smallest absolute Gasteiger partial charge is 0.230 e. The standard InChI is InChI=1S/C21H27N3O2/c1-20(2,26)13-7-8-16-17(11-13)24(14-5-3-6-14)19(22-16)23-18(25)15-12-21(15)9-4-10-21/h7-8,11,14-15,26H,3-6,9-10,12H2,1-2H3,(H,22,23,25). The highest BCUT2D eigenvalue weighted by Gasteiger charge is 2.61. The largest absolute Gasteiger partial charge is 0.386 e. The number of imidazole rings is 1. The van der Waals surface area contributed by atoms with E-state index in [4.69, 9.17) is 4.98 Å². The van der Waals surface area contributed by atoms with E-state index in [-0.39, 0.29) is 11.8 Å². The molecule has 3 fully saturated rings. The van der Waals surface area contributed by atoms with E-state index >= 15 is 0 Å². The lowest BCUT2D eigenvalue weighted by molar-refractivity contribution is -0.118. The number of nitrogens with one attached hydrogen (secondary N) is 1. The molecule has 0 saturated heterocycles. The van der Waals surface area contributed by atoms with E-state index in [2.05, 4.69) is 9.88 Å². The van der Waals surface area contributed by atoms with Crippen LogP contribution < -0.4 is 5.32 Å². The van der Waals surface area contributed by atoms with Gasteiger partial charge in [-0.25, -0.2) is 4.98 Å². The first kappa shape index (κ1) is 16.3. The lowest BCUT2D eigenvalue weighted by Gasteiger charge is -2.30. The van der Waals surface area contributed by atoms with Crippen LogP contribution in [-0.4, -0.2) is 20.6 Å². The number of rotatable bonds is 4. The van der Waals surface area contributed by atoms with Gasteiger partial charge in [-0.1, -0.05) is 12.5 Å². The quantitative estimate of drug-likeness (QED) is 0.869.